The SMILES string of the molecule is CCn1c(=O)c([N+](=O)[O-])c(NCCN2CCOCC2)c2ccccc21. The molecule has 1 fully saturated rings. The Hall–Kier alpha value is -2.45. The minimum Gasteiger partial charge on any atom is -0.379 e. The van der Waals surface area contributed by atoms with Crippen LogP contribution < -0.4 is 10.9 Å². The summed E-state index contributed by atoms with van der Waals surface area (Å²) in [6.45, 7) is 6.57. The summed E-state index contributed by atoms with van der Waals surface area (Å²) in [5, 5.41) is 15.4. The van der Waals surface area contributed by atoms with E-state index in [4.69, 9.17) is 4.74 Å². The maximum absolute atomic E-state index is 12.6. The second-order valence-electron chi connectivity index (χ2n) is 5.93. The molecular weight excluding hydrogens is 324 g/mol. The van der Waals surface area contributed by atoms with Crippen molar-refractivity contribution in [1.29, 1.82) is 0 Å². The molecule has 1 aliphatic heterocycles. The van der Waals surface area contributed by atoms with Crippen molar-refractivity contribution in [3.05, 3.63) is 44.7 Å². The fourth-order valence-corrected chi connectivity index (χ4v) is 3.22. The summed E-state index contributed by atoms with van der Waals surface area (Å²) in [4.78, 5) is 25.8. The summed E-state index contributed by atoms with van der Waals surface area (Å²) < 4.78 is 6.76. The van der Waals surface area contributed by atoms with Gasteiger partial charge < -0.3 is 14.6 Å². The van der Waals surface area contributed by atoms with E-state index in [-0.39, 0.29) is 5.69 Å². The first-order valence-corrected chi connectivity index (χ1v) is 8.47. The lowest BCUT2D eigenvalue weighted by atomic mass is 10.1. The molecule has 0 atom stereocenters. The maximum Gasteiger partial charge on any atom is 0.357 e. The van der Waals surface area contributed by atoms with Crippen LogP contribution in [0.2, 0.25) is 0 Å². The molecule has 0 unspecified atom stereocenters. The van der Waals surface area contributed by atoms with Gasteiger partial charge in [-0.25, -0.2) is 0 Å². The summed E-state index contributed by atoms with van der Waals surface area (Å²) in [6.07, 6.45) is 0. The Morgan fingerprint density at radius 2 is 2.00 bits per heavy atom. The largest absolute Gasteiger partial charge is 0.379 e. The number of morpholine rings is 1. The van der Waals surface area contributed by atoms with Gasteiger partial charge in [-0.05, 0) is 13.0 Å². The Bertz CT molecular complexity index is 827. The molecule has 0 spiro atoms. The number of benzene rings is 1. The Balaban J connectivity index is 1.96. The van der Waals surface area contributed by atoms with Gasteiger partial charge in [-0.2, -0.15) is 0 Å². The van der Waals surface area contributed by atoms with Crippen molar-refractivity contribution < 1.29 is 9.66 Å². The van der Waals surface area contributed by atoms with E-state index in [1.54, 1.807) is 0 Å². The third-order valence-electron chi connectivity index (χ3n) is 4.48. The molecule has 8 heteroatoms. The quantitative estimate of drug-likeness (QED) is 0.632. The van der Waals surface area contributed by atoms with E-state index in [1.807, 2.05) is 31.2 Å². The van der Waals surface area contributed by atoms with Crippen LogP contribution in [0.1, 0.15) is 6.92 Å². The fourth-order valence-electron chi connectivity index (χ4n) is 3.22. The van der Waals surface area contributed by atoms with Crippen molar-refractivity contribution in [2.45, 2.75) is 13.5 Å². The van der Waals surface area contributed by atoms with Crippen molar-refractivity contribution in [2.75, 3.05) is 44.7 Å². The second kappa shape index (κ2) is 7.62. The normalized spacial score (nSPS) is 15.4. The Kier molecular flexibility index (Phi) is 5.30. The zero-order valence-corrected chi connectivity index (χ0v) is 14.2. The molecule has 3 rings (SSSR count). The minimum absolute atomic E-state index is 0.309. The molecule has 1 saturated heterocycles. The number of nitro groups is 1. The Labute approximate surface area is 145 Å². The van der Waals surface area contributed by atoms with Gasteiger partial charge in [0.1, 0.15) is 5.69 Å². The summed E-state index contributed by atoms with van der Waals surface area (Å²) >= 11 is 0. The number of hydrogen-bond acceptors (Lipinski definition) is 6. The van der Waals surface area contributed by atoms with Crippen LogP contribution in [0, 0.1) is 10.1 Å². The Morgan fingerprint density at radius 1 is 1.28 bits per heavy atom. The highest BCUT2D eigenvalue weighted by Gasteiger charge is 2.25. The third-order valence-corrected chi connectivity index (χ3v) is 4.48. The average molecular weight is 346 g/mol. The molecule has 1 aromatic carbocycles. The van der Waals surface area contributed by atoms with Crippen LogP contribution in [0.3, 0.4) is 0 Å². The van der Waals surface area contributed by atoms with E-state index in [0.717, 1.165) is 19.6 Å². The van der Waals surface area contributed by atoms with Gasteiger partial charge in [-0.3, -0.25) is 19.8 Å². The zero-order chi connectivity index (χ0) is 17.8. The molecule has 2 aromatic rings. The van der Waals surface area contributed by atoms with Crippen LogP contribution in [0.15, 0.2) is 29.1 Å². The number of aromatic nitrogens is 1. The number of aryl methyl sites for hydroxylation is 1. The van der Waals surface area contributed by atoms with E-state index in [2.05, 4.69) is 10.2 Å². The lowest BCUT2D eigenvalue weighted by Crippen LogP contribution is -2.39. The van der Waals surface area contributed by atoms with Crippen LogP contribution >= 0.6 is 0 Å². The number of rotatable bonds is 6. The van der Waals surface area contributed by atoms with Crippen molar-refractivity contribution >= 4 is 22.3 Å². The molecule has 0 aliphatic carbocycles. The van der Waals surface area contributed by atoms with Gasteiger partial charge in [-0.1, -0.05) is 18.2 Å². The van der Waals surface area contributed by atoms with Gasteiger partial charge in [0.15, 0.2) is 0 Å². The molecule has 134 valence electrons. The number of pyridine rings is 1. The molecule has 0 amide bonds. The van der Waals surface area contributed by atoms with Gasteiger partial charge in [0.2, 0.25) is 0 Å². The van der Waals surface area contributed by atoms with Crippen molar-refractivity contribution in [3.63, 3.8) is 0 Å². The van der Waals surface area contributed by atoms with Crippen molar-refractivity contribution in [2.24, 2.45) is 0 Å². The van der Waals surface area contributed by atoms with Gasteiger partial charge in [0.25, 0.3) is 0 Å². The summed E-state index contributed by atoms with van der Waals surface area (Å²) in [7, 11) is 0. The predicted octanol–water partition coefficient (Wildman–Crippen LogP) is 1.67. The number of nitrogens with zero attached hydrogens (tertiary/aromatic N) is 3. The van der Waals surface area contributed by atoms with E-state index in [1.165, 1.54) is 4.57 Å². The fraction of sp³-hybridized carbons (Fsp3) is 0.471. The first-order chi connectivity index (χ1) is 12.1. The predicted molar refractivity (Wildman–Crippen MR) is 96.3 cm³/mol. The third kappa shape index (κ3) is 3.49. The Morgan fingerprint density at radius 3 is 2.68 bits per heavy atom. The lowest BCUT2D eigenvalue weighted by Gasteiger charge is -2.26. The molecule has 0 bridgehead atoms. The maximum atomic E-state index is 12.6. The molecule has 25 heavy (non-hydrogen) atoms. The van der Waals surface area contributed by atoms with Crippen LogP contribution in [0.5, 0.6) is 0 Å². The standard InChI is InChI=1S/C17H22N4O4/c1-2-20-14-6-4-3-5-13(14)15(16(17(20)22)21(23)24)18-7-8-19-9-11-25-12-10-19/h3-6,18H,2,7-12H2,1H3. The second-order valence-corrected chi connectivity index (χ2v) is 5.93. The molecule has 1 aliphatic rings. The first kappa shape index (κ1) is 17.4. The van der Waals surface area contributed by atoms with Crippen LogP contribution in [0.25, 0.3) is 10.9 Å². The monoisotopic (exact) mass is 346 g/mol. The van der Waals surface area contributed by atoms with Gasteiger partial charge in [-0.15, -0.1) is 0 Å². The lowest BCUT2D eigenvalue weighted by molar-refractivity contribution is -0.385. The number of ether oxygens (including phenoxy) is 1. The van der Waals surface area contributed by atoms with E-state index >= 15 is 0 Å². The molecule has 0 saturated carbocycles. The number of fused-ring (bicyclic) bond motifs is 1. The van der Waals surface area contributed by atoms with Crippen LogP contribution in [-0.2, 0) is 11.3 Å². The molecule has 0 radical (unpaired) electrons. The van der Waals surface area contributed by atoms with E-state index in [9.17, 15) is 14.9 Å². The van der Waals surface area contributed by atoms with E-state index < -0.39 is 10.5 Å². The van der Waals surface area contributed by atoms with Crippen LogP contribution in [-0.4, -0.2) is 53.8 Å². The minimum atomic E-state index is -0.585. The van der Waals surface area contributed by atoms with Gasteiger partial charge in [0, 0.05) is 38.1 Å². The van der Waals surface area contributed by atoms with Crippen LogP contribution in [0.4, 0.5) is 11.4 Å². The highest BCUT2D eigenvalue weighted by Crippen LogP contribution is 2.29. The smallest absolute Gasteiger partial charge is 0.357 e. The van der Waals surface area contributed by atoms with Crippen molar-refractivity contribution in [1.82, 2.24) is 9.47 Å². The first-order valence-electron chi connectivity index (χ1n) is 8.47. The number of anilines is 1. The topological polar surface area (TPSA) is 89.6 Å². The summed E-state index contributed by atoms with van der Waals surface area (Å²) in [5.41, 5.74) is 0.0561. The van der Waals surface area contributed by atoms with Gasteiger partial charge >= 0.3 is 11.2 Å². The highest BCUT2D eigenvalue weighted by molar-refractivity contribution is 5.96. The molecular formula is C17H22N4O4. The molecule has 1 N–H and O–H groups in total. The molecule has 1 aromatic heterocycles. The van der Waals surface area contributed by atoms with Crippen molar-refractivity contribution in [3.8, 4) is 0 Å². The molecule has 8 nitrogen and oxygen atoms in total. The zero-order valence-electron chi connectivity index (χ0n) is 14.2. The number of hydrogen-bond donors (Lipinski definition) is 1. The average Bonchev–Trinajstić information content (AvgIpc) is 2.62. The highest BCUT2D eigenvalue weighted by atomic mass is 16.6. The number of nitrogens with one attached hydrogen (secondary N) is 1. The molecule has 2 heterocycles. The van der Waals surface area contributed by atoms with E-state index in [0.29, 0.717) is 42.9 Å². The van der Waals surface area contributed by atoms with Gasteiger partial charge in [0.05, 0.1) is 23.7 Å². The number of para-hydroxylation sites is 1. The summed E-state index contributed by atoms with van der Waals surface area (Å²) in [6, 6.07) is 7.28. The summed E-state index contributed by atoms with van der Waals surface area (Å²) in [5.74, 6) is 0.